The summed E-state index contributed by atoms with van der Waals surface area (Å²) in [6, 6.07) is 8.66. The molecule has 3 heterocycles. The third-order valence-electron chi connectivity index (χ3n) is 5.86. The van der Waals surface area contributed by atoms with Crippen molar-refractivity contribution in [3.63, 3.8) is 0 Å². The van der Waals surface area contributed by atoms with Gasteiger partial charge < -0.3 is 19.4 Å². The summed E-state index contributed by atoms with van der Waals surface area (Å²) in [6.45, 7) is 6.26. The summed E-state index contributed by atoms with van der Waals surface area (Å²) in [5.41, 5.74) is 0. The number of hydrogen-bond donors (Lipinski definition) is 1. The zero-order chi connectivity index (χ0) is 20.7. The second-order valence-electron chi connectivity index (χ2n) is 7.87. The molecule has 1 aliphatic heterocycles. The fourth-order valence-corrected chi connectivity index (χ4v) is 4.66. The van der Waals surface area contributed by atoms with Crippen molar-refractivity contribution >= 4 is 23.6 Å². The molecule has 30 heavy (non-hydrogen) atoms. The number of aryl methyl sites for hydroxylation is 2. The molecule has 5 rings (SSSR count). The van der Waals surface area contributed by atoms with E-state index in [4.69, 9.17) is 20.8 Å². The summed E-state index contributed by atoms with van der Waals surface area (Å²) in [5, 5.41) is 16.9. The lowest BCUT2D eigenvalue weighted by Crippen LogP contribution is -2.48. The number of nitrogens with zero attached hydrogens (tertiary/aromatic N) is 6. The Labute approximate surface area is 179 Å². The molecule has 0 radical (unpaired) electrons. The number of piperidine rings is 1. The molecule has 158 valence electrons. The molecule has 1 saturated carbocycles. The van der Waals surface area contributed by atoms with Crippen LogP contribution >= 0.6 is 11.6 Å². The zero-order valence-electron chi connectivity index (χ0n) is 17.0. The Bertz CT molecular complexity index is 1020. The van der Waals surface area contributed by atoms with Gasteiger partial charge in [0.25, 0.3) is 0 Å². The van der Waals surface area contributed by atoms with Crippen molar-refractivity contribution in [3.8, 4) is 11.8 Å². The number of benzene rings is 1. The first-order valence-electron chi connectivity index (χ1n) is 10.3. The van der Waals surface area contributed by atoms with Crippen LogP contribution in [0.3, 0.4) is 0 Å². The van der Waals surface area contributed by atoms with E-state index in [0.29, 0.717) is 59.1 Å². The predicted octanol–water partition coefficient (Wildman–Crippen LogP) is 3.76. The third kappa shape index (κ3) is 3.69. The average Bonchev–Trinajstić information content (AvgIpc) is 3.38. The molecule has 9 nitrogen and oxygen atoms in total. The van der Waals surface area contributed by atoms with Crippen molar-refractivity contribution < 1.29 is 9.15 Å². The molecule has 1 aromatic carbocycles. The van der Waals surface area contributed by atoms with Crippen LogP contribution < -0.4 is 15.0 Å². The van der Waals surface area contributed by atoms with Gasteiger partial charge in [-0.25, -0.2) is 4.68 Å². The smallest absolute Gasteiger partial charge is 0.322 e. The Morgan fingerprint density at radius 3 is 2.70 bits per heavy atom. The highest BCUT2D eigenvalue weighted by atomic mass is 35.5. The van der Waals surface area contributed by atoms with Crippen LogP contribution in [0.25, 0.3) is 0 Å². The number of fused-ring (bicyclic) bond motifs is 2. The van der Waals surface area contributed by atoms with Gasteiger partial charge in [0.1, 0.15) is 5.75 Å². The number of aromatic nitrogens is 5. The van der Waals surface area contributed by atoms with Gasteiger partial charge in [0.2, 0.25) is 11.8 Å². The van der Waals surface area contributed by atoms with Crippen molar-refractivity contribution in [2.24, 2.45) is 11.8 Å². The van der Waals surface area contributed by atoms with E-state index in [0.717, 1.165) is 25.9 Å². The number of halogens is 1. The molecule has 2 fully saturated rings. The Balaban J connectivity index is 1.30. The van der Waals surface area contributed by atoms with Crippen LogP contribution in [0.15, 0.2) is 28.7 Å². The highest BCUT2D eigenvalue weighted by Crippen LogP contribution is 2.40. The van der Waals surface area contributed by atoms with Gasteiger partial charge in [-0.2, -0.15) is 4.98 Å². The van der Waals surface area contributed by atoms with Crippen molar-refractivity contribution in [3.05, 3.63) is 35.2 Å². The van der Waals surface area contributed by atoms with Crippen molar-refractivity contribution in [1.82, 2.24) is 25.0 Å². The summed E-state index contributed by atoms with van der Waals surface area (Å²) in [7, 11) is 0. The van der Waals surface area contributed by atoms with Crippen LogP contribution in [-0.2, 0) is 6.54 Å². The van der Waals surface area contributed by atoms with E-state index in [1.54, 1.807) is 10.7 Å². The first kappa shape index (κ1) is 19.2. The summed E-state index contributed by atoms with van der Waals surface area (Å²) in [5.74, 6) is 2.78. The van der Waals surface area contributed by atoms with Crippen LogP contribution in [0.5, 0.6) is 11.8 Å². The van der Waals surface area contributed by atoms with Gasteiger partial charge in [0.05, 0.1) is 0 Å². The minimum Gasteiger partial charge on any atom is -0.424 e. The van der Waals surface area contributed by atoms with E-state index in [-0.39, 0.29) is 0 Å². The fourth-order valence-electron chi connectivity index (χ4n) is 4.48. The van der Waals surface area contributed by atoms with Gasteiger partial charge in [0, 0.05) is 37.6 Å². The van der Waals surface area contributed by atoms with Gasteiger partial charge in [0.15, 0.2) is 0 Å². The second-order valence-corrected chi connectivity index (χ2v) is 8.31. The summed E-state index contributed by atoms with van der Waals surface area (Å²) < 4.78 is 13.3. The highest BCUT2D eigenvalue weighted by Gasteiger charge is 2.43. The van der Waals surface area contributed by atoms with E-state index in [9.17, 15) is 0 Å². The molecule has 10 heteroatoms. The highest BCUT2D eigenvalue weighted by molar-refractivity contribution is 6.30. The van der Waals surface area contributed by atoms with Gasteiger partial charge in [-0.05, 0) is 49.8 Å². The molecule has 3 aromatic rings. The molecule has 1 saturated heterocycles. The maximum atomic E-state index is 6.06. The Kier molecular flexibility index (Phi) is 4.98. The SMILES string of the molecule is CCn1nc(NC2[C@@H]3CC[C@H]2CN(c2nnc(C)o2)C3)nc1Oc1cccc(Cl)c1. The van der Waals surface area contributed by atoms with Crippen LogP contribution in [0.4, 0.5) is 12.0 Å². The Hall–Kier alpha value is -2.81. The lowest BCUT2D eigenvalue weighted by atomic mass is 9.92. The predicted molar refractivity (Wildman–Crippen MR) is 112 cm³/mol. The topological polar surface area (TPSA) is 94.1 Å². The van der Waals surface area contributed by atoms with E-state index < -0.39 is 0 Å². The molecule has 0 spiro atoms. The van der Waals surface area contributed by atoms with Crippen LogP contribution in [0.1, 0.15) is 25.7 Å². The molecule has 2 aliphatic rings. The van der Waals surface area contributed by atoms with E-state index in [1.807, 2.05) is 32.0 Å². The van der Waals surface area contributed by atoms with Crippen LogP contribution in [-0.4, -0.2) is 44.1 Å². The minimum absolute atomic E-state index is 0.317. The molecule has 1 N–H and O–H groups in total. The minimum atomic E-state index is 0.317. The number of nitrogens with one attached hydrogen (secondary N) is 1. The molecule has 0 amide bonds. The molecular formula is C20H24ClN7O2. The number of hydrogen-bond acceptors (Lipinski definition) is 8. The molecule has 1 unspecified atom stereocenters. The number of ether oxygens (including phenoxy) is 1. The summed E-state index contributed by atoms with van der Waals surface area (Å²) in [4.78, 5) is 6.80. The zero-order valence-corrected chi connectivity index (χ0v) is 17.7. The van der Waals surface area contributed by atoms with Gasteiger partial charge in [-0.15, -0.1) is 10.2 Å². The average molecular weight is 430 g/mol. The lowest BCUT2D eigenvalue weighted by molar-refractivity contribution is 0.357. The van der Waals surface area contributed by atoms with Crippen molar-refractivity contribution in [2.45, 2.75) is 39.3 Å². The van der Waals surface area contributed by atoms with E-state index >= 15 is 0 Å². The van der Waals surface area contributed by atoms with Gasteiger partial charge >= 0.3 is 12.0 Å². The molecule has 3 atom stereocenters. The number of anilines is 2. The molecule has 1 aliphatic carbocycles. The van der Waals surface area contributed by atoms with Crippen molar-refractivity contribution in [1.29, 1.82) is 0 Å². The molecular weight excluding hydrogens is 406 g/mol. The maximum absolute atomic E-state index is 6.06. The first-order valence-corrected chi connectivity index (χ1v) is 10.7. The standard InChI is InChI=1S/C20H24ClN7O2/c1-3-28-19(30-16-6-4-5-15(21)9-16)23-18(26-28)22-17-13-7-8-14(17)11-27(10-13)20-25-24-12(2)29-20/h4-6,9,13-14,17H,3,7-8,10-11H2,1-2H3,(H,22,26)/t13-,14+,17?. The largest absolute Gasteiger partial charge is 0.424 e. The quantitative estimate of drug-likeness (QED) is 0.632. The van der Waals surface area contributed by atoms with E-state index in [2.05, 4.69) is 30.5 Å². The summed E-state index contributed by atoms with van der Waals surface area (Å²) >= 11 is 6.06. The van der Waals surface area contributed by atoms with Crippen LogP contribution in [0, 0.1) is 18.8 Å². The third-order valence-corrected chi connectivity index (χ3v) is 6.09. The Morgan fingerprint density at radius 2 is 2.03 bits per heavy atom. The van der Waals surface area contributed by atoms with Gasteiger partial charge in [-0.3, -0.25) is 0 Å². The monoisotopic (exact) mass is 429 g/mol. The van der Waals surface area contributed by atoms with E-state index in [1.165, 1.54) is 0 Å². The van der Waals surface area contributed by atoms with Gasteiger partial charge in [-0.1, -0.05) is 22.8 Å². The van der Waals surface area contributed by atoms with Crippen LogP contribution in [0.2, 0.25) is 5.02 Å². The summed E-state index contributed by atoms with van der Waals surface area (Å²) in [6.07, 6.45) is 2.32. The normalized spacial score (nSPS) is 23.0. The Morgan fingerprint density at radius 1 is 1.23 bits per heavy atom. The molecule has 2 bridgehead atoms. The first-order chi connectivity index (χ1) is 14.6. The van der Waals surface area contributed by atoms with Crippen molar-refractivity contribution in [2.75, 3.05) is 23.3 Å². The second kappa shape index (κ2) is 7.79. The fraction of sp³-hybridized carbons (Fsp3) is 0.500. The molecule has 2 aromatic heterocycles. The number of rotatable bonds is 6. The maximum Gasteiger partial charge on any atom is 0.322 e. The lowest BCUT2D eigenvalue weighted by Gasteiger charge is -2.37.